The van der Waals surface area contributed by atoms with Crippen LogP contribution in [0.1, 0.15) is 52.0 Å². The van der Waals surface area contributed by atoms with E-state index in [4.69, 9.17) is 16.3 Å². The Kier molecular flexibility index (Phi) is 8.28. The fourth-order valence-corrected chi connectivity index (χ4v) is 8.80. The first-order valence-corrected chi connectivity index (χ1v) is 14.9. The molecular weight excluding hydrogens is 568 g/mol. The Bertz CT molecular complexity index is 1320. The Hall–Kier alpha value is -2.46. The molecule has 3 fully saturated rings. The number of fused-ring (bicyclic) bond motifs is 5. The predicted octanol–water partition coefficient (Wildman–Crippen LogP) is 5.21. The van der Waals surface area contributed by atoms with Crippen LogP contribution in [0.3, 0.4) is 0 Å². The zero-order chi connectivity index (χ0) is 30.6. The molecule has 4 aliphatic rings. The quantitative estimate of drug-likeness (QED) is 0.309. The maximum atomic E-state index is 17.5. The number of Topliss-reactive ketones (excluding diaryl/α,β-unsaturated/α-hetero) is 1. The van der Waals surface area contributed by atoms with Crippen molar-refractivity contribution in [3.8, 4) is 0 Å². The fraction of sp³-hybridized carbons (Fsp3) is 0.594. The lowest BCUT2D eigenvalue weighted by atomic mass is 9.45. The Morgan fingerprint density at radius 1 is 1.17 bits per heavy atom. The number of carbonyl (C=O) groups excluding carboxylic acids is 3. The van der Waals surface area contributed by atoms with Crippen molar-refractivity contribution in [1.82, 2.24) is 5.06 Å². The predicted molar refractivity (Wildman–Crippen MR) is 151 cm³/mol. The van der Waals surface area contributed by atoms with E-state index in [0.717, 1.165) is 16.7 Å². The number of ketones is 2. The van der Waals surface area contributed by atoms with Gasteiger partial charge in [0.2, 0.25) is 0 Å². The standard InChI is InChI=1S/C32H38ClF2NO6/c1-4-28(40)42-17-26(38)29-19(16-36(41)15-18-5-7-20(33)8-6-18)11-22-23-13-25(34)24-12-21(37)9-10-31(24,3)32(23,35)27(39)14-30(22,29)2/h5-10,12,19,22-23,25,27,29,39,41H,4,11,13-17H2,1-3H3/t19-,22-,23-,25-,27-,29+,30-,31-,32-/m0/s1. The lowest BCUT2D eigenvalue weighted by Crippen LogP contribution is -2.68. The van der Waals surface area contributed by atoms with Crippen molar-refractivity contribution >= 4 is 29.1 Å². The number of hydroxylamine groups is 2. The summed E-state index contributed by atoms with van der Waals surface area (Å²) >= 11 is 5.98. The Morgan fingerprint density at radius 3 is 2.52 bits per heavy atom. The zero-order valence-electron chi connectivity index (χ0n) is 24.1. The van der Waals surface area contributed by atoms with E-state index in [-0.39, 0.29) is 43.7 Å². The van der Waals surface area contributed by atoms with Crippen molar-refractivity contribution in [2.24, 2.45) is 34.5 Å². The Morgan fingerprint density at radius 2 is 1.86 bits per heavy atom. The van der Waals surface area contributed by atoms with Crippen LogP contribution in [-0.2, 0) is 25.7 Å². The summed E-state index contributed by atoms with van der Waals surface area (Å²) in [6.07, 6.45) is 0.712. The van der Waals surface area contributed by atoms with Gasteiger partial charge in [-0.15, -0.1) is 0 Å². The smallest absolute Gasteiger partial charge is 0.305 e. The second-order valence-corrected chi connectivity index (χ2v) is 13.3. The first kappa shape index (κ1) is 31.0. The molecule has 1 aromatic rings. The molecule has 0 heterocycles. The van der Waals surface area contributed by atoms with E-state index in [9.17, 15) is 24.7 Å². The van der Waals surface area contributed by atoms with Crippen molar-refractivity contribution in [3.05, 3.63) is 58.7 Å². The molecule has 7 nitrogen and oxygen atoms in total. The van der Waals surface area contributed by atoms with Crippen LogP contribution in [-0.4, -0.2) is 64.0 Å². The van der Waals surface area contributed by atoms with Crippen LogP contribution in [0.5, 0.6) is 0 Å². The first-order chi connectivity index (χ1) is 19.7. The number of allylic oxidation sites excluding steroid dienone is 4. The van der Waals surface area contributed by atoms with Gasteiger partial charge in [-0.25, -0.2) is 8.78 Å². The highest BCUT2D eigenvalue weighted by molar-refractivity contribution is 6.30. The van der Waals surface area contributed by atoms with Crippen LogP contribution in [0.4, 0.5) is 8.78 Å². The van der Waals surface area contributed by atoms with Crippen molar-refractivity contribution in [1.29, 1.82) is 0 Å². The molecular formula is C32H38ClF2NO6. The van der Waals surface area contributed by atoms with Gasteiger partial charge in [0.1, 0.15) is 12.8 Å². The SMILES string of the molecule is CCC(=O)OCC(=O)[C@H]1[C@H](CN(O)Cc2ccc(Cl)cc2)C[C@H]2[C@@H]3C[C@H](F)C4=CC(=O)C=C[C@]4(C)[C@@]3(F)[C@@H](O)C[C@@]21C. The van der Waals surface area contributed by atoms with Crippen molar-refractivity contribution in [2.75, 3.05) is 13.2 Å². The minimum atomic E-state index is -2.28. The third-order valence-electron chi connectivity index (χ3n) is 10.5. The van der Waals surface area contributed by atoms with Gasteiger partial charge in [-0.2, -0.15) is 5.06 Å². The van der Waals surface area contributed by atoms with Gasteiger partial charge in [0.05, 0.1) is 6.10 Å². The monoisotopic (exact) mass is 605 g/mol. The van der Waals surface area contributed by atoms with Crippen LogP contribution in [0.2, 0.25) is 5.02 Å². The highest BCUT2D eigenvalue weighted by Crippen LogP contribution is 2.70. The molecule has 42 heavy (non-hydrogen) atoms. The van der Waals surface area contributed by atoms with Gasteiger partial charge in [-0.3, -0.25) is 14.4 Å². The second-order valence-electron chi connectivity index (χ2n) is 12.9. The van der Waals surface area contributed by atoms with Crippen LogP contribution in [0.25, 0.3) is 0 Å². The summed E-state index contributed by atoms with van der Waals surface area (Å²) in [5.74, 6) is -4.05. The maximum absolute atomic E-state index is 17.5. The van der Waals surface area contributed by atoms with Crippen molar-refractivity contribution in [3.63, 3.8) is 0 Å². The number of hydrogen-bond donors (Lipinski definition) is 2. The molecule has 0 bridgehead atoms. The number of halogens is 3. The summed E-state index contributed by atoms with van der Waals surface area (Å²) < 4.78 is 38.5. The van der Waals surface area contributed by atoms with Crippen LogP contribution in [0.15, 0.2) is 48.1 Å². The molecule has 10 heteroatoms. The van der Waals surface area contributed by atoms with Crippen LogP contribution < -0.4 is 0 Å². The minimum Gasteiger partial charge on any atom is -0.458 e. The molecule has 0 saturated heterocycles. The van der Waals surface area contributed by atoms with E-state index in [1.165, 1.54) is 19.1 Å². The zero-order valence-corrected chi connectivity index (χ0v) is 24.8. The summed E-state index contributed by atoms with van der Waals surface area (Å²) in [6.45, 7) is 4.72. The molecule has 0 aliphatic heterocycles. The van der Waals surface area contributed by atoms with Gasteiger partial charge in [0, 0.05) is 41.8 Å². The second kappa shape index (κ2) is 11.2. The van der Waals surface area contributed by atoms with Crippen LogP contribution in [0, 0.1) is 34.5 Å². The van der Waals surface area contributed by atoms with Gasteiger partial charge in [0.25, 0.3) is 0 Å². The Labute approximate surface area is 249 Å². The number of hydrogen-bond acceptors (Lipinski definition) is 7. The molecule has 4 aliphatic carbocycles. The normalized spacial score (nSPS) is 38.9. The number of rotatable bonds is 8. The highest BCUT2D eigenvalue weighted by Gasteiger charge is 2.73. The molecule has 0 radical (unpaired) electrons. The lowest BCUT2D eigenvalue weighted by molar-refractivity contribution is -0.202. The Balaban J connectivity index is 1.49. The maximum Gasteiger partial charge on any atom is 0.305 e. The summed E-state index contributed by atoms with van der Waals surface area (Å²) in [4.78, 5) is 37.7. The molecule has 0 unspecified atom stereocenters. The summed E-state index contributed by atoms with van der Waals surface area (Å²) in [6, 6.07) is 6.97. The van der Waals surface area contributed by atoms with E-state index in [1.54, 1.807) is 31.2 Å². The van der Waals surface area contributed by atoms with Gasteiger partial charge in [-0.05, 0) is 78.9 Å². The van der Waals surface area contributed by atoms with Gasteiger partial charge >= 0.3 is 5.97 Å². The average molecular weight is 606 g/mol. The number of aliphatic hydroxyl groups is 1. The van der Waals surface area contributed by atoms with Crippen molar-refractivity contribution < 1.29 is 38.2 Å². The molecule has 0 aromatic heterocycles. The number of benzene rings is 1. The molecule has 1 aromatic carbocycles. The lowest BCUT2D eigenvalue weighted by Gasteiger charge is -2.62. The van der Waals surface area contributed by atoms with Crippen LogP contribution >= 0.6 is 11.6 Å². The van der Waals surface area contributed by atoms with E-state index in [2.05, 4.69) is 0 Å². The number of esters is 1. The highest BCUT2D eigenvalue weighted by atomic mass is 35.5. The third-order valence-corrected chi connectivity index (χ3v) is 10.8. The minimum absolute atomic E-state index is 0.0366. The first-order valence-electron chi connectivity index (χ1n) is 14.6. The molecule has 3 saturated carbocycles. The summed E-state index contributed by atoms with van der Waals surface area (Å²) in [5.41, 5.74) is -3.93. The van der Waals surface area contributed by atoms with Gasteiger partial charge in [-0.1, -0.05) is 43.7 Å². The third kappa shape index (κ3) is 4.96. The summed E-state index contributed by atoms with van der Waals surface area (Å²) in [7, 11) is 0. The number of aliphatic hydroxyl groups excluding tert-OH is 1. The molecule has 2 N–H and O–H groups in total. The van der Waals surface area contributed by atoms with E-state index < -0.39 is 70.8 Å². The number of alkyl halides is 2. The van der Waals surface area contributed by atoms with E-state index in [0.29, 0.717) is 11.4 Å². The molecule has 0 amide bonds. The van der Waals surface area contributed by atoms with Gasteiger partial charge < -0.3 is 15.1 Å². The topological polar surface area (TPSA) is 104 Å². The van der Waals surface area contributed by atoms with E-state index >= 15 is 8.78 Å². The van der Waals surface area contributed by atoms with Crippen molar-refractivity contribution in [2.45, 2.75) is 70.9 Å². The molecule has 228 valence electrons. The van der Waals surface area contributed by atoms with Gasteiger partial charge in [0.15, 0.2) is 17.2 Å². The number of ether oxygens (including phenoxy) is 1. The summed E-state index contributed by atoms with van der Waals surface area (Å²) in [5, 5.41) is 24.2. The van der Waals surface area contributed by atoms with E-state index in [1.807, 2.05) is 6.92 Å². The fourth-order valence-electron chi connectivity index (χ4n) is 8.68. The number of carbonyl (C=O) groups is 3. The molecule has 0 spiro atoms. The average Bonchev–Trinajstić information content (AvgIpc) is 3.22. The largest absolute Gasteiger partial charge is 0.458 e. The molecule has 5 rings (SSSR count). The number of nitrogens with zero attached hydrogens (tertiary/aromatic N) is 1. The molecule has 9 atom stereocenters.